The van der Waals surface area contributed by atoms with Gasteiger partial charge in [0.15, 0.2) is 0 Å². The third kappa shape index (κ3) is 0.953. The van der Waals surface area contributed by atoms with Gasteiger partial charge in [-0.05, 0) is 57.3 Å². The van der Waals surface area contributed by atoms with Crippen LogP contribution in [0.1, 0.15) is 46.0 Å². The van der Waals surface area contributed by atoms with Crippen molar-refractivity contribution in [2.75, 3.05) is 0 Å². The van der Waals surface area contributed by atoms with Crippen LogP contribution in [0.2, 0.25) is 0 Å². The van der Waals surface area contributed by atoms with Crippen molar-refractivity contribution in [3.63, 3.8) is 0 Å². The monoisotopic (exact) mass is 150 g/mol. The van der Waals surface area contributed by atoms with E-state index in [-0.39, 0.29) is 0 Å². The Kier molecular flexibility index (Phi) is 1.59. The van der Waals surface area contributed by atoms with Gasteiger partial charge in [-0.15, -0.1) is 0 Å². The predicted octanol–water partition coefficient (Wildman–Crippen LogP) is 3.53. The van der Waals surface area contributed by atoms with Gasteiger partial charge in [-0.25, -0.2) is 0 Å². The quantitative estimate of drug-likeness (QED) is 0.502. The van der Waals surface area contributed by atoms with Gasteiger partial charge in [0.05, 0.1) is 0 Å². The Morgan fingerprint density at radius 3 is 2.36 bits per heavy atom. The topological polar surface area (TPSA) is 0 Å². The molecule has 2 aliphatic carbocycles. The van der Waals surface area contributed by atoms with Crippen molar-refractivity contribution in [2.24, 2.45) is 11.3 Å². The van der Waals surface area contributed by atoms with E-state index in [2.05, 4.69) is 19.9 Å². The lowest BCUT2D eigenvalue weighted by molar-refractivity contribution is 0.359. The third-order valence-corrected chi connectivity index (χ3v) is 4.01. The van der Waals surface area contributed by atoms with Gasteiger partial charge in [0.1, 0.15) is 0 Å². The smallest absolute Gasteiger partial charge is 0.00881 e. The number of hydrogen-bond acceptors (Lipinski definition) is 0. The molecule has 2 rings (SSSR count). The molecule has 0 amide bonds. The molecule has 0 heteroatoms. The number of allylic oxidation sites excluding steroid dienone is 2. The van der Waals surface area contributed by atoms with E-state index < -0.39 is 0 Å². The van der Waals surface area contributed by atoms with Crippen LogP contribution < -0.4 is 0 Å². The van der Waals surface area contributed by atoms with E-state index in [0.29, 0.717) is 5.41 Å². The van der Waals surface area contributed by atoms with E-state index in [9.17, 15) is 0 Å². The minimum Gasteiger partial charge on any atom is -0.0882 e. The average molecular weight is 150 g/mol. The summed E-state index contributed by atoms with van der Waals surface area (Å²) in [5.41, 5.74) is 2.34. The van der Waals surface area contributed by atoms with Crippen LogP contribution in [-0.4, -0.2) is 0 Å². The number of hydrogen-bond donors (Lipinski definition) is 0. The van der Waals surface area contributed by atoms with Gasteiger partial charge in [-0.2, -0.15) is 0 Å². The van der Waals surface area contributed by atoms with Crippen LogP contribution in [0.25, 0.3) is 0 Å². The van der Waals surface area contributed by atoms with Crippen molar-refractivity contribution in [2.45, 2.75) is 46.0 Å². The maximum Gasteiger partial charge on any atom is -0.00881 e. The first-order valence-electron chi connectivity index (χ1n) is 4.90. The molecule has 0 saturated heterocycles. The summed E-state index contributed by atoms with van der Waals surface area (Å²) in [4.78, 5) is 0. The lowest BCUT2D eigenvalue weighted by Gasteiger charge is -2.27. The first-order valence-corrected chi connectivity index (χ1v) is 4.90. The molecule has 62 valence electrons. The van der Waals surface area contributed by atoms with E-state index in [0.717, 1.165) is 5.92 Å². The molecule has 2 fully saturated rings. The van der Waals surface area contributed by atoms with Gasteiger partial charge in [0.2, 0.25) is 0 Å². The lowest BCUT2D eigenvalue weighted by Crippen LogP contribution is -2.14. The van der Waals surface area contributed by atoms with Gasteiger partial charge in [0.25, 0.3) is 0 Å². The summed E-state index contributed by atoms with van der Waals surface area (Å²) in [6.45, 7) is 4.52. The molecule has 2 aliphatic rings. The highest BCUT2D eigenvalue weighted by atomic mass is 14.5. The second kappa shape index (κ2) is 2.36. The minimum absolute atomic E-state index is 0.680. The first kappa shape index (κ1) is 7.39. The van der Waals surface area contributed by atoms with Crippen LogP contribution in [-0.2, 0) is 0 Å². The fourth-order valence-electron chi connectivity index (χ4n) is 3.05. The SMILES string of the molecule is CC=C(C)C12CCC(CC1)C2. The Morgan fingerprint density at radius 1 is 1.36 bits per heavy atom. The molecule has 2 saturated carbocycles. The highest BCUT2D eigenvalue weighted by Gasteiger charge is 2.45. The highest BCUT2D eigenvalue weighted by Crippen LogP contribution is 2.57. The molecule has 0 aromatic rings. The minimum atomic E-state index is 0.680. The lowest BCUT2D eigenvalue weighted by atomic mass is 9.78. The van der Waals surface area contributed by atoms with Gasteiger partial charge in [-0.3, -0.25) is 0 Å². The number of rotatable bonds is 1. The summed E-state index contributed by atoms with van der Waals surface area (Å²) < 4.78 is 0. The summed E-state index contributed by atoms with van der Waals surface area (Å²) >= 11 is 0. The molecule has 0 heterocycles. The van der Waals surface area contributed by atoms with E-state index in [4.69, 9.17) is 0 Å². The Morgan fingerprint density at radius 2 is 2.00 bits per heavy atom. The third-order valence-electron chi connectivity index (χ3n) is 4.01. The van der Waals surface area contributed by atoms with Crippen molar-refractivity contribution >= 4 is 0 Å². The van der Waals surface area contributed by atoms with E-state index in [1.807, 2.05) is 0 Å². The molecule has 0 spiro atoms. The average Bonchev–Trinajstić information content (AvgIpc) is 2.62. The molecule has 0 atom stereocenters. The van der Waals surface area contributed by atoms with Crippen LogP contribution in [0, 0.1) is 11.3 Å². The molecular formula is C11H18. The molecular weight excluding hydrogens is 132 g/mol. The molecule has 11 heavy (non-hydrogen) atoms. The fraction of sp³-hybridized carbons (Fsp3) is 0.818. The molecule has 0 nitrogen and oxygen atoms in total. The standard InChI is InChI=1S/C11H18/c1-3-9(2)11-6-4-10(8-11)5-7-11/h3,10H,4-8H2,1-2H3. The Hall–Kier alpha value is -0.260. The van der Waals surface area contributed by atoms with Crippen LogP contribution in [0.5, 0.6) is 0 Å². The second-order valence-corrected chi connectivity index (χ2v) is 4.40. The summed E-state index contributed by atoms with van der Waals surface area (Å²) in [6.07, 6.45) is 9.80. The largest absolute Gasteiger partial charge is 0.0882 e. The van der Waals surface area contributed by atoms with Crippen molar-refractivity contribution in [1.29, 1.82) is 0 Å². The van der Waals surface area contributed by atoms with Gasteiger partial charge < -0.3 is 0 Å². The molecule has 0 aromatic heterocycles. The van der Waals surface area contributed by atoms with Crippen molar-refractivity contribution < 1.29 is 0 Å². The summed E-state index contributed by atoms with van der Waals surface area (Å²) in [5.74, 6) is 1.09. The Balaban J connectivity index is 2.22. The zero-order chi connectivity index (χ0) is 7.90. The molecule has 0 N–H and O–H groups in total. The maximum atomic E-state index is 2.33. The summed E-state index contributed by atoms with van der Waals surface area (Å²) in [7, 11) is 0. The summed E-state index contributed by atoms with van der Waals surface area (Å²) in [6, 6.07) is 0. The highest BCUT2D eigenvalue weighted by molar-refractivity contribution is 5.17. The van der Waals surface area contributed by atoms with Crippen LogP contribution >= 0.6 is 0 Å². The molecule has 0 aromatic carbocycles. The Labute approximate surface area is 69.7 Å². The van der Waals surface area contributed by atoms with Crippen molar-refractivity contribution in [1.82, 2.24) is 0 Å². The van der Waals surface area contributed by atoms with Crippen molar-refractivity contribution in [3.05, 3.63) is 11.6 Å². The van der Waals surface area contributed by atoms with Crippen LogP contribution in [0.4, 0.5) is 0 Å². The predicted molar refractivity (Wildman–Crippen MR) is 48.4 cm³/mol. The molecule has 0 unspecified atom stereocenters. The molecule has 2 bridgehead atoms. The molecule has 0 radical (unpaired) electrons. The van der Waals surface area contributed by atoms with Crippen molar-refractivity contribution in [3.8, 4) is 0 Å². The second-order valence-electron chi connectivity index (χ2n) is 4.40. The fourth-order valence-corrected chi connectivity index (χ4v) is 3.05. The van der Waals surface area contributed by atoms with Crippen LogP contribution in [0.15, 0.2) is 11.6 Å². The van der Waals surface area contributed by atoms with E-state index >= 15 is 0 Å². The van der Waals surface area contributed by atoms with Gasteiger partial charge in [-0.1, -0.05) is 11.6 Å². The van der Waals surface area contributed by atoms with Crippen LogP contribution in [0.3, 0.4) is 0 Å². The zero-order valence-corrected chi connectivity index (χ0v) is 7.69. The van der Waals surface area contributed by atoms with E-state index in [1.54, 1.807) is 5.57 Å². The maximum absolute atomic E-state index is 2.33. The first-order chi connectivity index (χ1) is 5.27. The normalized spacial score (nSPS) is 43.5. The number of fused-ring (bicyclic) bond motifs is 2. The van der Waals surface area contributed by atoms with Gasteiger partial charge in [0, 0.05) is 0 Å². The molecule has 0 aliphatic heterocycles. The Bertz CT molecular complexity index is 180. The van der Waals surface area contributed by atoms with Gasteiger partial charge >= 0.3 is 0 Å². The van der Waals surface area contributed by atoms with E-state index in [1.165, 1.54) is 32.1 Å². The summed E-state index contributed by atoms with van der Waals surface area (Å²) in [5, 5.41) is 0. The zero-order valence-electron chi connectivity index (χ0n) is 7.69.